The maximum absolute atomic E-state index is 12.0. The average Bonchev–Trinajstić information content (AvgIpc) is 2.60. The number of amides is 2. The third kappa shape index (κ3) is 4.80. The van der Waals surface area contributed by atoms with Crippen molar-refractivity contribution in [1.82, 2.24) is 10.6 Å². The highest BCUT2D eigenvalue weighted by molar-refractivity contribution is 6.30. The molecule has 6 heteroatoms. The van der Waals surface area contributed by atoms with Crippen LogP contribution in [0.3, 0.4) is 0 Å². The van der Waals surface area contributed by atoms with Crippen molar-refractivity contribution < 1.29 is 14.3 Å². The fourth-order valence-corrected chi connectivity index (χ4v) is 2.38. The van der Waals surface area contributed by atoms with Crippen molar-refractivity contribution in [1.29, 1.82) is 0 Å². The van der Waals surface area contributed by atoms with Gasteiger partial charge in [-0.3, -0.25) is 0 Å². The van der Waals surface area contributed by atoms with Gasteiger partial charge in [-0.2, -0.15) is 0 Å². The van der Waals surface area contributed by atoms with Gasteiger partial charge in [-0.25, -0.2) is 4.79 Å². The van der Waals surface area contributed by atoms with E-state index in [0.717, 1.165) is 11.1 Å². The van der Waals surface area contributed by atoms with Crippen molar-refractivity contribution in [2.24, 2.45) is 0 Å². The predicted octanol–water partition coefficient (Wildman–Crippen LogP) is 3.92. The molecule has 5 nitrogen and oxygen atoms in total. The number of carbonyl (C=O) groups excluding carboxylic acids is 1. The summed E-state index contributed by atoms with van der Waals surface area (Å²) >= 11 is 5.87. The zero-order valence-corrected chi connectivity index (χ0v) is 14.7. The third-order valence-electron chi connectivity index (χ3n) is 3.62. The van der Waals surface area contributed by atoms with E-state index in [0.29, 0.717) is 23.1 Å². The lowest BCUT2D eigenvalue weighted by atomic mass is 10.1. The Kier molecular flexibility index (Phi) is 6.32. The Morgan fingerprint density at radius 3 is 2.38 bits per heavy atom. The summed E-state index contributed by atoms with van der Waals surface area (Å²) in [5.74, 6) is 1.29. The van der Waals surface area contributed by atoms with Crippen molar-refractivity contribution in [2.45, 2.75) is 19.5 Å². The molecule has 2 rings (SSSR count). The molecule has 1 atom stereocenters. The van der Waals surface area contributed by atoms with E-state index in [9.17, 15) is 4.79 Å². The number of urea groups is 1. The van der Waals surface area contributed by atoms with Gasteiger partial charge >= 0.3 is 6.03 Å². The number of carbonyl (C=O) groups is 1. The molecule has 2 aromatic carbocycles. The topological polar surface area (TPSA) is 59.6 Å². The van der Waals surface area contributed by atoms with E-state index in [2.05, 4.69) is 10.6 Å². The van der Waals surface area contributed by atoms with E-state index >= 15 is 0 Å². The number of halogens is 1. The molecule has 0 aromatic heterocycles. The Labute approximate surface area is 146 Å². The Balaban J connectivity index is 1.90. The molecule has 128 valence electrons. The Morgan fingerprint density at radius 2 is 1.75 bits per heavy atom. The van der Waals surface area contributed by atoms with E-state index in [1.807, 2.05) is 37.3 Å². The van der Waals surface area contributed by atoms with Crippen LogP contribution >= 0.6 is 11.6 Å². The molecule has 1 unspecified atom stereocenters. The van der Waals surface area contributed by atoms with Gasteiger partial charge in [-0.05, 0) is 42.3 Å². The lowest BCUT2D eigenvalue weighted by molar-refractivity contribution is 0.237. The minimum atomic E-state index is -0.243. The fourth-order valence-electron chi connectivity index (χ4n) is 2.26. The second-order valence-electron chi connectivity index (χ2n) is 5.29. The molecular weight excluding hydrogens is 328 g/mol. The number of benzene rings is 2. The highest BCUT2D eigenvalue weighted by Crippen LogP contribution is 2.27. The van der Waals surface area contributed by atoms with Crippen molar-refractivity contribution in [2.75, 3.05) is 14.2 Å². The zero-order chi connectivity index (χ0) is 17.5. The number of hydrogen-bond acceptors (Lipinski definition) is 3. The van der Waals surface area contributed by atoms with Gasteiger partial charge in [0.25, 0.3) is 0 Å². The van der Waals surface area contributed by atoms with Crippen molar-refractivity contribution >= 4 is 17.6 Å². The van der Waals surface area contributed by atoms with Crippen LogP contribution in [0.5, 0.6) is 11.5 Å². The van der Waals surface area contributed by atoms with E-state index in [1.54, 1.807) is 26.4 Å². The maximum Gasteiger partial charge on any atom is 0.315 e. The number of hydrogen-bond donors (Lipinski definition) is 2. The van der Waals surface area contributed by atoms with Gasteiger partial charge in [0.2, 0.25) is 0 Å². The first-order valence-corrected chi connectivity index (χ1v) is 7.92. The molecule has 0 aliphatic rings. The highest BCUT2D eigenvalue weighted by Gasteiger charge is 2.10. The SMILES string of the molecule is COc1ccc(CNC(=O)NC(C)c2ccc(Cl)cc2)cc1OC. The number of rotatable bonds is 6. The Bertz CT molecular complexity index is 689. The molecule has 0 radical (unpaired) electrons. The van der Waals surface area contributed by atoms with E-state index in [1.165, 1.54) is 0 Å². The van der Waals surface area contributed by atoms with E-state index < -0.39 is 0 Å². The second kappa shape index (κ2) is 8.45. The largest absolute Gasteiger partial charge is 0.493 e. The standard InChI is InChI=1S/C18H21ClN2O3/c1-12(14-5-7-15(19)8-6-14)21-18(22)20-11-13-4-9-16(23-2)17(10-13)24-3/h4-10,12H,11H2,1-3H3,(H2,20,21,22). The molecule has 0 aliphatic heterocycles. The van der Waals surface area contributed by atoms with Crippen LogP contribution in [-0.4, -0.2) is 20.3 Å². The molecule has 2 aromatic rings. The molecule has 24 heavy (non-hydrogen) atoms. The minimum absolute atomic E-state index is 0.118. The molecule has 0 saturated carbocycles. The van der Waals surface area contributed by atoms with Gasteiger partial charge in [0.15, 0.2) is 11.5 Å². The molecule has 0 aliphatic carbocycles. The maximum atomic E-state index is 12.0. The van der Waals surface area contributed by atoms with Crippen LogP contribution in [0.2, 0.25) is 5.02 Å². The van der Waals surface area contributed by atoms with Gasteiger partial charge in [-0.15, -0.1) is 0 Å². The van der Waals surface area contributed by atoms with Crippen LogP contribution < -0.4 is 20.1 Å². The summed E-state index contributed by atoms with van der Waals surface area (Å²) in [7, 11) is 3.16. The summed E-state index contributed by atoms with van der Waals surface area (Å²) in [4.78, 5) is 12.0. The molecule has 2 N–H and O–H groups in total. The fraction of sp³-hybridized carbons (Fsp3) is 0.278. The molecule has 0 heterocycles. The second-order valence-corrected chi connectivity index (χ2v) is 5.73. The first-order chi connectivity index (χ1) is 11.5. The van der Waals surface area contributed by atoms with Crippen LogP contribution in [0.25, 0.3) is 0 Å². The van der Waals surface area contributed by atoms with E-state index in [-0.39, 0.29) is 12.1 Å². The van der Waals surface area contributed by atoms with Gasteiger partial charge < -0.3 is 20.1 Å². The number of nitrogens with one attached hydrogen (secondary N) is 2. The summed E-state index contributed by atoms with van der Waals surface area (Å²) in [6.07, 6.45) is 0. The molecular formula is C18H21ClN2O3. The van der Waals surface area contributed by atoms with Gasteiger partial charge in [-0.1, -0.05) is 29.8 Å². The van der Waals surface area contributed by atoms with Crippen LogP contribution in [-0.2, 0) is 6.54 Å². The van der Waals surface area contributed by atoms with Gasteiger partial charge in [0, 0.05) is 11.6 Å². The van der Waals surface area contributed by atoms with Crippen molar-refractivity contribution in [3.8, 4) is 11.5 Å². The van der Waals surface area contributed by atoms with Gasteiger partial charge in [0.1, 0.15) is 0 Å². The predicted molar refractivity (Wildman–Crippen MR) is 94.8 cm³/mol. The van der Waals surface area contributed by atoms with Crippen LogP contribution in [0, 0.1) is 0 Å². The summed E-state index contributed by atoms with van der Waals surface area (Å²) in [6.45, 7) is 2.30. The Morgan fingerprint density at radius 1 is 1.08 bits per heavy atom. The van der Waals surface area contributed by atoms with Crippen molar-refractivity contribution in [3.63, 3.8) is 0 Å². The summed E-state index contributed by atoms with van der Waals surface area (Å²) in [5.41, 5.74) is 1.91. The number of methoxy groups -OCH3 is 2. The molecule has 0 fully saturated rings. The first kappa shape index (κ1) is 17.9. The smallest absolute Gasteiger partial charge is 0.315 e. The lowest BCUT2D eigenvalue weighted by Gasteiger charge is -2.15. The summed E-state index contributed by atoms with van der Waals surface area (Å²) < 4.78 is 10.4. The molecule has 2 amide bonds. The van der Waals surface area contributed by atoms with Gasteiger partial charge in [0.05, 0.1) is 20.3 Å². The molecule has 0 spiro atoms. The molecule has 0 bridgehead atoms. The molecule has 0 saturated heterocycles. The first-order valence-electron chi connectivity index (χ1n) is 7.54. The normalized spacial score (nSPS) is 11.5. The highest BCUT2D eigenvalue weighted by atomic mass is 35.5. The zero-order valence-electron chi connectivity index (χ0n) is 13.9. The Hall–Kier alpha value is -2.40. The van der Waals surface area contributed by atoms with Crippen LogP contribution in [0.1, 0.15) is 24.1 Å². The monoisotopic (exact) mass is 348 g/mol. The summed E-state index contributed by atoms with van der Waals surface area (Å²) in [5, 5.41) is 6.39. The van der Waals surface area contributed by atoms with E-state index in [4.69, 9.17) is 21.1 Å². The van der Waals surface area contributed by atoms with Crippen LogP contribution in [0.4, 0.5) is 4.79 Å². The van der Waals surface area contributed by atoms with Crippen LogP contribution in [0.15, 0.2) is 42.5 Å². The minimum Gasteiger partial charge on any atom is -0.493 e. The van der Waals surface area contributed by atoms with Crippen molar-refractivity contribution in [3.05, 3.63) is 58.6 Å². The average molecular weight is 349 g/mol. The lowest BCUT2D eigenvalue weighted by Crippen LogP contribution is -2.36. The summed E-state index contributed by atoms with van der Waals surface area (Å²) in [6, 6.07) is 12.5. The number of ether oxygens (including phenoxy) is 2. The third-order valence-corrected chi connectivity index (χ3v) is 3.87. The quantitative estimate of drug-likeness (QED) is 0.831.